The molecule has 146 valence electrons. The van der Waals surface area contributed by atoms with Crippen LogP contribution in [0.2, 0.25) is 0 Å². The predicted octanol–water partition coefficient (Wildman–Crippen LogP) is 3.24. The molecular formula is C21H31N5O. The molecule has 2 fully saturated rings. The van der Waals surface area contributed by atoms with Crippen molar-refractivity contribution in [2.24, 2.45) is 5.92 Å². The molecule has 0 spiro atoms. The van der Waals surface area contributed by atoms with Crippen LogP contribution in [0.3, 0.4) is 0 Å². The van der Waals surface area contributed by atoms with Crippen molar-refractivity contribution in [1.29, 1.82) is 0 Å². The molecule has 0 radical (unpaired) electrons. The minimum atomic E-state index is -0.0837. The van der Waals surface area contributed by atoms with Gasteiger partial charge in [0.1, 0.15) is 5.56 Å². The zero-order valence-corrected chi connectivity index (χ0v) is 16.5. The maximum atomic E-state index is 12.5. The fourth-order valence-corrected chi connectivity index (χ4v) is 4.62. The molecule has 0 aromatic carbocycles. The summed E-state index contributed by atoms with van der Waals surface area (Å²) >= 11 is 0. The first-order chi connectivity index (χ1) is 13.1. The van der Waals surface area contributed by atoms with Crippen molar-refractivity contribution in [3.8, 4) is 0 Å². The van der Waals surface area contributed by atoms with Crippen molar-refractivity contribution in [2.45, 2.75) is 64.3 Å². The van der Waals surface area contributed by atoms with Crippen LogP contribution in [0.1, 0.15) is 74.3 Å². The first-order valence-corrected chi connectivity index (χ1v) is 10.5. The lowest BCUT2D eigenvalue weighted by atomic mass is 9.93. The van der Waals surface area contributed by atoms with Gasteiger partial charge >= 0.3 is 0 Å². The Bertz CT molecular complexity index is 793. The van der Waals surface area contributed by atoms with Crippen molar-refractivity contribution in [3.05, 3.63) is 29.7 Å². The van der Waals surface area contributed by atoms with Gasteiger partial charge < -0.3 is 5.32 Å². The maximum absolute atomic E-state index is 12.5. The van der Waals surface area contributed by atoms with Crippen LogP contribution < -0.4 is 5.32 Å². The topological polar surface area (TPSA) is 62.5 Å². The third-order valence-corrected chi connectivity index (χ3v) is 6.06. The lowest BCUT2D eigenvalue weighted by molar-refractivity contribution is 0.0950. The number of amides is 1. The molecule has 1 aliphatic heterocycles. The summed E-state index contributed by atoms with van der Waals surface area (Å²) in [5.41, 5.74) is 2.43. The molecule has 4 rings (SSSR count). The van der Waals surface area contributed by atoms with E-state index in [4.69, 9.17) is 0 Å². The monoisotopic (exact) mass is 369 g/mol. The molecule has 1 amide bonds. The van der Waals surface area contributed by atoms with Crippen molar-refractivity contribution in [3.63, 3.8) is 0 Å². The summed E-state index contributed by atoms with van der Waals surface area (Å²) in [5.74, 6) is 0.791. The maximum Gasteiger partial charge on any atom is 0.256 e. The first kappa shape index (κ1) is 18.4. The zero-order chi connectivity index (χ0) is 18.8. The van der Waals surface area contributed by atoms with E-state index in [0.29, 0.717) is 29.6 Å². The molecule has 1 saturated carbocycles. The molecule has 1 N–H and O–H groups in total. The quantitative estimate of drug-likeness (QED) is 0.879. The van der Waals surface area contributed by atoms with Gasteiger partial charge in [-0.1, -0.05) is 26.7 Å². The van der Waals surface area contributed by atoms with Gasteiger partial charge in [-0.25, -0.2) is 9.50 Å². The number of nitrogens with one attached hydrogen (secondary N) is 1. The second kappa shape index (κ2) is 7.97. The first-order valence-electron chi connectivity index (χ1n) is 10.5. The van der Waals surface area contributed by atoms with Crippen LogP contribution in [0.25, 0.3) is 5.65 Å². The summed E-state index contributed by atoms with van der Waals surface area (Å²) in [7, 11) is 0. The molecule has 3 heterocycles. The average Bonchev–Trinajstić information content (AvgIpc) is 3.36. The fraction of sp³-hybridized carbons (Fsp3) is 0.667. The smallest absolute Gasteiger partial charge is 0.256 e. The molecule has 27 heavy (non-hydrogen) atoms. The van der Waals surface area contributed by atoms with Gasteiger partial charge in [0.25, 0.3) is 5.91 Å². The number of nitrogens with zero attached hydrogens (tertiary/aromatic N) is 4. The number of rotatable bonds is 5. The third kappa shape index (κ3) is 3.86. The molecule has 1 aliphatic carbocycles. The second-order valence-corrected chi connectivity index (χ2v) is 8.54. The van der Waals surface area contributed by atoms with Gasteiger partial charge in [-0.2, -0.15) is 5.10 Å². The van der Waals surface area contributed by atoms with Crippen LogP contribution in [0, 0.1) is 5.92 Å². The summed E-state index contributed by atoms with van der Waals surface area (Å²) in [4.78, 5) is 19.7. The number of piperidine rings is 1. The Morgan fingerprint density at radius 2 is 2.07 bits per heavy atom. The molecule has 2 aromatic heterocycles. The highest BCUT2D eigenvalue weighted by atomic mass is 16.1. The zero-order valence-electron chi connectivity index (χ0n) is 16.5. The number of carbonyl (C=O) groups is 1. The lowest BCUT2D eigenvalue weighted by Crippen LogP contribution is -2.41. The average molecular weight is 370 g/mol. The highest BCUT2D eigenvalue weighted by Crippen LogP contribution is 2.32. The number of carbonyl (C=O) groups excluding carboxylic acids is 1. The van der Waals surface area contributed by atoms with E-state index < -0.39 is 0 Å². The van der Waals surface area contributed by atoms with Gasteiger partial charge in [-0.15, -0.1) is 0 Å². The molecule has 1 saturated heterocycles. The molecule has 2 aliphatic rings. The van der Waals surface area contributed by atoms with Crippen molar-refractivity contribution < 1.29 is 4.79 Å². The minimum absolute atomic E-state index is 0.0837. The highest BCUT2D eigenvalue weighted by Gasteiger charge is 2.30. The molecule has 1 atom stereocenters. The minimum Gasteiger partial charge on any atom is -0.352 e. The Morgan fingerprint density at radius 1 is 1.26 bits per heavy atom. The van der Waals surface area contributed by atoms with E-state index in [1.54, 1.807) is 6.20 Å². The summed E-state index contributed by atoms with van der Waals surface area (Å²) in [6, 6.07) is 2.85. The summed E-state index contributed by atoms with van der Waals surface area (Å²) in [6.07, 6.45) is 11.4. The number of hydrogen-bond acceptors (Lipinski definition) is 4. The van der Waals surface area contributed by atoms with Crippen LogP contribution in [-0.2, 0) is 0 Å². The van der Waals surface area contributed by atoms with Crippen molar-refractivity contribution in [2.75, 3.05) is 19.6 Å². The van der Waals surface area contributed by atoms with Crippen LogP contribution in [0.4, 0.5) is 0 Å². The standard InChI is InChI=1S/C21H31N5O/c1-15(2)12-23-21(27)18-13-24-26-19(9-10-22-20(18)26)16-6-5-11-25(14-16)17-7-3-4-8-17/h9-10,13,15-17H,3-8,11-12,14H2,1-2H3,(H,23,27). The molecule has 6 nitrogen and oxygen atoms in total. The van der Waals surface area contributed by atoms with Gasteiger partial charge in [0.2, 0.25) is 0 Å². The lowest BCUT2D eigenvalue weighted by Gasteiger charge is -2.36. The van der Waals surface area contributed by atoms with Crippen LogP contribution in [0.15, 0.2) is 18.5 Å². The van der Waals surface area contributed by atoms with Crippen LogP contribution in [0.5, 0.6) is 0 Å². The molecule has 1 unspecified atom stereocenters. The Labute approximate surface area is 161 Å². The highest BCUT2D eigenvalue weighted by molar-refractivity contribution is 5.99. The number of hydrogen-bond donors (Lipinski definition) is 1. The Morgan fingerprint density at radius 3 is 2.85 bits per heavy atom. The molecule has 0 bridgehead atoms. The van der Waals surface area contributed by atoms with Gasteiger partial charge in [0.15, 0.2) is 5.65 Å². The molecule has 2 aromatic rings. The third-order valence-electron chi connectivity index (χ3n) is 6.06. The SMILES string of the molecule is CC(C)CNC(=O)c1cnn2c(C3CCCN(C4CCCC4)C3)ccnc12. The number of aromatic nitrogens is 3. The van der Waals surface area contributed by atoms with Crippen molar-refractivity contribution >= 4 is 11.6 Å². The summed E-state index contributed by atoms with van der Waals surface area (Å²) < 4.78 is 1.90. The predicted molar refractivity (Wildman–Crippen MR) is 106 cm³/mol. The van der Waals surface area contributed by atoms with E-state index in [2.05, 4.69) is 40.2 Å². The fourth-order valence-electron chi connectivity index (χ4n) is 4.62. The van der Waals surface area contributed by atoms with E-state index >= 15 is 0 Å². The Kier molecular flexibility index (Phi) is 5.43. The number of fused-ring (bicyclic) bond motifs is 1. The van der Waals surface area contributed by atoms with Crippen LogP contribution in [-0.4, -0.2) is 51.1 Å². The summed E-state index contributed by atoms with van der Waals surface area (Å²) in [6.45, 7) is 7.16. The van der Waals surface area contributed by atoms with Gasteiger partial charge in [0.05, 0.1) is 11.9 Å². The summed E-state index contributed by atoms with van der Waals surface area (Å²) in [5, 5.41) is 7.52. The Balaban J connectivity index is 1.56. The van der Waals surface area contributed by atoms with Gasteiger partial charge in [-0.05, 0) is 44.2 Å². The van der Waals surface area contributed by atoms with E-state index in [9.17, 15) is 4.79 Å². The number of likely N-dealkylation sites (tertiary alicyclic amines) is 1. The Hall–Kier alpha value is -1.95. The van der Waals surface area contributed by atoms with Crippen molar-refractivity contribution in [1.82, 2.24) is 24.8 Å². The van der Waals surface area contributed by atoms with E-state index in [1.165, 1.54) is 50.8 Å². The van der Waals surface area contributed by atoms with E-state index in [-0.39, 0.29) is 5.91 Å². The normalized spacial score (nSPS) is 22.0. The van der Waals surface area contributed by atoms with Crippen LogP contribution >= 0.6 is 0 Å². The van der Waals surface area contributed by atoms with E-state index in [1.807, 2.05) is 10.7 Å². The molecular weight excluding hydrogens is 338 g/mol. The molecule has 6 heteroatoms. The van der Waals surface area contributed by atoms with E-state index in [0.717, 1.165) is 12.6 Å². The van der Waals surface area contributed by atoms with Gasteiger partial charge in [0, 0.05) is 31.2 Å². The largest absolute Gasteiger partial charge is 0.352 e. The second-order valence-electron chi connectivity index (χ2n) is 8.54. The van der Waals surface area contributed by atoms with Gasteiger partial charge in [-0.3, -0.25) is 9.69 Å².